The molecule has 0 aromatic heterocycles. The summed E-state index contributed by atoms with van der Waals surface area (Å²) in [5.41, 5.74) is 3.53. The average Bonchev–Trinajstić information content (AvgIpc) is 3.40. The molecule has 3 heterocycles. The maximum atomic E-state index is 14.1. The number of nitrogens with zero attached hydrogens (tertiary/aromatic N) is 1. The second kappa shape index (κ2) is 10.0. The monoisotopic (exact) mass is 495 g/mol. The van der Waals surface area contributed by atoms with Gasteiger partial charge in [-0.2, -0.15) is 0 Å². The van der Waals surface area contributed by atoms with Crippen LogP contribution in [-0.2, 0) is 9.53 Å². The van der Waals surface area contributed by atoms with Crippen molar-refractivity contribution in [1.82, 2.24) is 10.2 Å². The number of ether oxygens (including phenoxy) is 1. The third-order valence-electron chi connectivity index (χ3n) is 8.30. The summed E-state index contributed by atoms with van der Waals surface area (Å²) in [6.07, 6.45) is 2.47. The minimum atomic E-state index is -0.606. The first-order valence-corrected chi connectivity index (χ1v) is 13.3. The molecule has 0 bridgehead atoms. The first kappa shape index (κ1) is 23.7. The van der Waals surface area contributed by atoms with Crippen LogP contribution in [0.5, 0.6) is 0 Å². The summed E-state index contributed by atoms with van der Waals surface area (Å²) in [7, 11) is 0. The van der Waals surface area contributed by atoms with E-state index in [4.69, 9.17) is 4.74 Å². The van der Waals surface area contributed by atoms with Crippen LogP contribution in [-0.4, -0.2) is 42.0 Å². The molecule has 6 rings (SSSR count). The molecule has 2 amide bonds. The molecule has 3 aromatic rings. The summed E-state index contributed by atoms with van der Waals surface area (Å²) in [6.45, 7) is 1.79. The molecule has 0 radical (unpaired) electrons. The Kier molecular flexibility index (Phi) is 6.43. The highest BCUT2D eigenvalue weighted by Gasteiger charge is 2.48. The number of fused-ring (bicyclic) bond motifs is 3. The van der Waals surface area contributed by atoms with E-state index in [1.165, 1.54) is 11.1 Å². The summed E-state index contributed by atoms with van der Waals surface area (Å²) in [5.74, 6) is 0.253. The normalized spacial score (nSPS) is 23.9. The summed E-state index contributed by atoms with van der Waals surface area (Å²) >= 11 is 0. The quantitative estimate of drug-likeness (QED) is 0.516. The van der Waals surface area contributed by atoms with Crippen molar-refractivity contribution in [3.05, 3.63) is 102 Å². The first-order valence-electron chi connectivity index (χ1n) is 13.3. The van der Waals surface area contributed by atoms with Crippen LogP contribution in [0.15, 0.2) is 84.9 Å². The molecule has 0 saturated carbocycles. The standard InChI is InChI=1S/C31H33N3O3/c35-27(21-31(16-19-37-20-17-31)33-30(36)23-11-5-2-6-12-23)34-18-15-25-28(22-9-3-1-4-10-22)32-26-14-8-7-13-24(26)29(25)34/h1-14,25,28-29,32H,15-21H2,(H,33,36)/t25-,28?,29+/m1/s1. The second-order valence-electron chi connectivity index (χ2n) is 10.5. The number of amides is 2. The number of benzene rings is 3. The maximum absolute atomic E-state index is 14.1. The Bertz CT molecular complexity index is 1260. The number of rotatable bonds is 5. The molecule has 3 aliphatic heterocycles. The van der Waals surface area contributed by atoms with E-state index in [2.05, 4.69) is 58.0 Å². The first-order chi connectivity index (χ1) is 18.1. The smallest absolute Gasteiger partial charge is 0.251 e. The van der Waals surface area contributed by atoms with Crippen molar-refractivity contribution in [3.8, 4) is 0 Å². The average molecular weight is 496 g/mol. The number of hydrogen-bond donors (Lipinski definition) is 2. The van der Waals surface area contributed by atoms with Crippen LogP contribution in [0.2, 0.25) is 0 Å². The van der Waals surface area contributed by atoms with Crippen molar-refractivity contribution < 1.29 is 14.3 Å². The molecule has 0 spiro atoms. The fraction of sp³-hybridized carbons (Fsp3) is 0.355. The van der Waals surface area contributed by atoms with Crippen LogP contribution in [0.4, 0.5) is 5.69 Å². The van der Waals surface area contributed by atoms with Crippen LogP contribution in [0, 0.1) is 5.92 Å². The van der Waals surface area contributed by atoms with Gasteiger partial charge >= 0.3 is 0 Å². The fourth-order valence-electron chi connectivity index (χ4n) is 6.40. The number of carbonyl (C=O) groups is 2. The summed E-state index contributed by atoms with van der Waals surface area (Å²) in [4.78, 5) is 29.3. The Morgan fingerprint density at radius 1 is 0.919 bits per heavy atom. The molecule has 2 fully saturated rings. The van der Waals surface area contributed by atoms with Gasteiger partial charge < -0.3 is 20.3 Å². The highest BCUT2D eigenvalue weighted by Crippen LogP contribution is 2.51. The van der Waals surface area contributed by atoms with Crippen LogP contribution in [0.25, 0.3) is 0 Å². The van der Waals surface area contributed by atoms with Crippen LogP contribution >= 0.6 is 0 Å². The van der Waals surface area contributed by atoms with Crippen molar-refractivity contribution >= 4 is 17.5 Å². The van der Waals surface area contributed by atoms with E-state index in [1.807, 2.05) is 42.5 Å². The predicted octanol–water partition coefficient (Wildman–Crippen LogP) is 5.11. The number of carbonyl (C=O) groups excluding carboxylic acids is 2. The van der Waals surface area contributed by atoms with Gasteiger partial charge in [0.25, 0.3) is 5.91 Å². The third kappa shape index (κ3) is 4.62. The highest BCUT2D eigenvalue weighted by molar-refractivity contribution is 5.95. The highest BCUT2D eigenvalue weighted by atomic mass is 16.5. The number of nitrogens with one attached hydrogen (secondary N) is 2. The Morgan fingerprint density at radius 2 is 1.59 bits per heavy atom. The zero-order chi connectivity index (χ0) is 25.2. The van der Waals surface area contributed by atoms with Gasteiger partial charge in [-0.15, -0.1) is 0 Å². The topological polar surface area (TPSA) is 70.7 Å². The molecular weight excluding hydrogens is 462 g/mol. The lowest BCUT2D eigenvalue weighted by molar-refractivity contribution is -0.135. The van der Waals surface area contributed by atoms with Gasteiger partial charge in [0.05, 0.1) is 24.0 Å². The SMILES string of the molecule is O=C(NC1(CC(=O)N2CC[C@@H]3C(c4ccccc4)Nc4ccccc4[C@@H]32)CCOCC1)c1ccccc1. The van der Waals surface area contributed by atoms with Crippen LogP contribution in [0.3, 0.4) is 0 Å². The number of anilines is 1. The molecule has 2 N–H and O–H groups in total. The van der Waals surface area contributed by atoms with Crippen molar-refractivity contribution in [1.29, 1.82) is 0 Å². The molecule has 0 aliphatic carbocycles. The number of hydrogen-bond acceptors (Lipinski definition) is 4. The molecule has 3 atom stereocenters. The van der Waals surface area contributed by atoms with Crippen LogP contribution < -0.4 is 10.6 Å². The number of likely N-dealkylation sites (tertiary alicyclic amines) is 1. The van der Waals surface area contributed by atoms with Crippen molar-refractivity contribution in [2.45, 2.75) is 43.3 Å². The van der Waals surface area contributed by atoms with E-state index < -0.39 is 5.54 Å². The van der Waals surface area contributed by atoms with E-state index in [9.17, 15) is 9.59 Å². The zero-order valence-corrected chi connectivity index (χ0v) is 20.9. The minimum absolute atomic E-state index is 0.0110. The molecule has 3 aromatic carbocycles. The molecule has 6 heteroatoms. The van der Waals surface area contributed by atoms with E-state index in [1.54, 1.807) is 0 Å². The van der Waals surface area contributed by atoms with Gasteiger partial charge in [-0.25, -0.2) is 0 Å². The number of para-hydroxylation sites is 1. The predicted molar refractivity (Wildman–Crippen MR) is 143 cm³/mol. The molecule has 3 aliphatic rings. The van der Waals surface area contributed by atoms with Crippen LogP contribution in [0.1, 0.15) is 59.3 Å². The molecule has 6 nitrogen and oxygen atoms in total. The summed E-state index contributed by atoms with van der Waals surface area (Å²) in [6, 6.07) is 28.3. The molecule has 37 heavy (non-hydrogen) atoms. The lowest BCUT2D eigenvalue weighted by Gasteiger charge is -2.42. The largest absolute Gasteiger partial charge is 0.381 e. The zero-order valence-electron chi connectivity index (χ0n) is 20.9. The fourth-order valence-corrected chi connectivity index (χ4v) is 6.40. The van der Waals surface area contributed by atoms with Crippen molar-refractivity contribution in [2.24, 2.45) is 5.92 Å². The van der Waals surface area contributed by atoms with Gasteiger partial charge in [0.2, 0.25) is 5.91 Å². The Labute approximate surface area is 218 Å². The summed E-state index contributed by atoms with van der Waals surface area (Å²) < 4.78 is 5.63. The van der Waals surface area contributed by atoms with Gasteiger partial charge in [-0.05, 0) is 48.6 Å². The van der Waals surface area contributed by atoms with Crippen molar-refractivity contribution in [3.63, 3.8) is 0 Å². The molecule has 1 unspecified atom stereocenters. The van der Waals surface area contributed by atoms with Gasteiger partial charge in [0, 0.05) is 36.9 Å². The Morgan fingerprint density at radius 3 is 2.35 bits per heavy atom. The van der Waals surface area contributed by atoms with E-state index in [-0.39, 0.29) is 36.2 Å². The third-order valence-corrected chi connectivity index (χ3v) is 8.30. The lowest BCUT2D eigenvalue weighted by atomic mass is 9.79. The maximum Gasteiger partial charge on any atom is 0.251 e. The Hall–Kier alpha value is -3.64. The van der Waals surface area contributed by atoms with E-state index >= 15 is 0 Å². The Balaban J connectivity index is 1.27. The minimum Gasteiger partial charge on any atom is -0.381 e. The van der Waals surface area contributed by atoms with Crippen molar-refractivity contribution in [2.75, 3.05) is 25.1 Å². The summed E-state index contributed by atoms with van der Waals surface area (Å²) in [5, 5.41) is 7.02. The molecule has 2 saturated heterocycles. The van der Waals surface area contributed by atoms with E-state index in [0.29, 0.717) is 38.2 Å². The van der Waals surface area contributed by atoms with Gasteiger partial charge in [0.1, 0.15) is 0 Å². The van der Waals surface area contributed by atoms with Gasteiger partial charge in [-0.1, -0.05) is 66.7 Å². The van der Waals surface area contributed by atoms with Gasteiger partial charge in [-0.3, -0.25) is 9.59 Å². The van der Waals surface area contributed by atoms with Gasteiger partial charge in [0.15, 0.2) is 0 Å². The molecular formula is C31H33N3O3. The lowest BCUT2D eigenvalue weighted by Crippen LogP contribution is -2.54. The van der Waals surface area contributed by atoms with E-state index in [0.717, 1.165) is 12.1 Å². The molecule has 190 valence electrons. The second-order valence-corrected chi connectivity index (χ2v) is 10.5.